The van der Waals surface area contributed by atoms with Crippen molar-refractivity contribution in [1.82, 2.24) is 10.2 Å². The smallest absolute Gasteiger partial charge is 0.353 e. The predicted molar refractivity (Wildman–Crippen MR) is 58.6 cm³/mol. The number of carboxylic acids is 1. The Balaban J connectivity index is 2.54. The number of aromatic nitrogens is 2. The maximum Gasteiger partial charge on any atom is 0.353 e. The molecule has 0 amide bonds. The van der Waals surface area contributed by atoms with Gasteiger partial charge in [-0.3, -0.25) is 5.10 Å². The van der Waals surface area contributed by atoms with E-state index in [1.54, 1.807) is 12.1 Å². The number of rotatable bonds is 2. The molecule has 2 rings (SSSR count). The molecule has 0 bridgehead atoms. The van der Waals surface area contributed by atoms with E-state index in [-0.39, 0.29) is 17.0 Å². The standard InChI is InChI=1S/C10H6BrFN2O2/c11-5-2-1-3-6(12)9(5)7-4-8(10(15)16)14-13-7/h1-4H,(H,13,14)(H,15,16). The van der Waals surface area contributed by atoms with E-state index in [2.05, 4.69) is 26.1 Å². The zero-order valence-corrected chi connectivity index (χ0v) is 9.45. The van der Waals surface area contributed by atoms with Gasteiger partial charge in [-0.1, -0.05) is 6.07 Å². The fourth-order valence-electron chi connectivity index (χ4n) is 1.30. The lowest BCUT2D eigenvalue weighted by Crippen LogP contribution is -1.95. The van der Waals surface area contributed by atoms with Crippen molar-refractivity contribution in [1.29, 1.82) is 0 Å². The summed E-state index contributed by atoms with van der Waals surface area (Å²) in [5, 5.41) is 14.8. The van der Waals surface area contributed by atoms with Crippen molar-refractivity contribution in [3.63, 3.8) is 0 Å². The average molecular weight is 285 g/mol. The topological polar surface area (TPSA) is 66.0 Å². The summed E-state index contributed by atoms with van der Waals surface area (Å²) >= 11 is 3.19. The van der Waals surface area contributed by atoms with Gasteiger partial charge in [0, 0.05) is 4.47 Å². The molecule has 0 aliphatic rings. The summed E-state index contributed by atoms with van der Waals surface area (Å²) in [4.78, 5) is 10.6. The summed E-state index contributed by atoms with van der Waals surface area (Å²) in [6.07, 6.45) is 0. The molecule has 0 aliphatic carbocycles. The van der Waals surface area contributed by atoms with Crippen LogP contribution in [-0.2, 0) is 0 Å². The molecule has 4 nitrogen and oxygen atoms in total. The zero-order valence-electron chi connectivity index (χ0n) is 7.87. The molecule has 16 heavy (non-hydrogen) atoms. The van der Waals surface area contributed by atoms with Crippen LogP contribution in [0.25, 0.3) is 11.3 Å². The molecule has 0 atom stereocenters. The highest BCUT2D eigenvalue weighted by Crippen LogP contribution is 2.29. The highest BCUT2D eigenvalue weighted by molar-refractivity contribution is 9.10. The van der Waals surface area contributed by atoms with E-state index in [0.717, 1.165) is 0 Å². The number of nitrogens with zero attached hydrogens (tertiary/aromatic N) is 1. The lowest BCUT2D eigenvalue weighted by molar-refractivity contribution is 0.0690. The number of aromatic amines is 1. The molecule has 0 spiro atoms. The number of nitrogens with one attached hydrogen (secondary N) is 1. The summed E-state index contributed by atoms with van der Waals surface area (Å²) in [6, 6.07) is 5.78. The van der Waals surface area contributed by atoms with Crippen LogP contribution in [0.2, 0.25) is 0 Å². The SMILES string of the molecule is O=C(O)c1cc(-c2c(F)cccc2Br)n[nH]1. The third-order valence-corrected chi connectivity index (χ3v) is 2.69. The molecule has 0 aliphatic heterocycles. The minimum absolute atomic E-state index is 0.0786. The maximum atomic E-state index is 13.5. The third kappa shape index (κ3) is 1.83. The van der Waals surface area contributed by atoms with Crippen molar-refractivity contribution in [3.05, 3.63) is 40.2 Å². The fourth-order valence-corrected chi connectivity index (χ4v) is 1.85. The van der Waals surface area contributed by atoms with Crippen LogP contribution in [0.5, 0.6) is 0 Å². The van der Waals surface area contributed by atoms with Crippen molar-refractivity contribution >= 4 is 21.9 Å². The summed E-state index contributed by atoms with van der Waals surface area (Å²) < 4.78 is 14.0. The van der Waals surface area contributed by atoms with Crippen LogP contribution in [0, 0.1) is 5.82 Å². The first-order chi connectivity index (χ1) is 7.59. The number of carboxylic acid groups (broad SMARTS) is 1. The number of hydrogen-bond donors (Lipinski definition) is 2. The van der Waals surface area contributed by atoms with Crippen molar-refractivity contribution < 1.29 is 14.3 Å². The fraction of sp³-hybridized carbons (Fsp3) is 0. The molecule has 1 aromatic carbocycles. The molecule has 0 saturated carbocycles. The number of H-pyrrole nitrogens is 1. The number of aromatic carboxylic acids is 1. The van der Waals surface area contributed by atoms with Crippen LogP contribution in [0.15, 0.2) is 28.7 Å². The van der Waals surface area contributed by atoms with E-state index in [9.17, 15) is 9.18 Å². The summed E-state index contributed by atoms with van der Waals surface area (Å²) in [7, 11) is 0. The maximum absolute atomic E-state index is 13.5. The van der Waals surface area contributed by atoms with Crippen LogP contribution in [-0.4, -0.2) is 21.3 Å². The second-order valence-corrected chi connectivity index (χ2v) is 3.92. The van der Waals surface area contributed by atoms with Crippen LogP contribution >= 0.6 is 15.9 Å². The quantitative estimate of drug-likeness (QED) is 0.891. The van der Waals surface area contributed by atoms with E-state index in [4.69, 9.17) is 5.11 Å². The first kappa shape index (κ1) is 10.8. The minimum Gasteiger partial charge on any atom is -0.477 e. The molecule has 2 N–H and O–H groups in total. The van der Waals surface area contributed by atoms with Gasteiger partial charge in [-0.2, -0.15) is 5.10 Å². The zero-order chi connectivity index (χ0) is 11.7. The number of hydrogen-bond acceptors (Lipinski definition) is 2. The number of halogens is 2. The van der Waals surface area contributed by atoms with Gasteiger partial charge in [0.1, 0.15) is 11.5 Å². The normalized spacial score (nSPS) is 10.4. The van der Waals surface area contributed by atoms with E-state index in [1.165, 1.54) is 12.1 Å². The van der Waals surface area contributed by atoms with Gasteiger partial charge in [0.15, 0.2) is 0 Å². The second kappa shape index (κ2) is 4.05. The van der Waals surface area contributed by atoms with Crippen molar-refractivity contribution in [3.8, 4) is 11.3 Å². The first-order valence-electron chi connectivity index (χ1n) is 4.32. The largest absolute Gasteiger partial charge is 0.477 e. The molecule has 1 heterocycles. The van der Waals surface area contributed by atoms with Gasteiger partial charge < -0.3 is 5.11 Å². The van der Waals surface area contributed by atoms with Crippen molar-refractivity contribution in [2.75, 3.05) is 0 Å². The van der Waals surface area contributed by atoms with Gasteiger partial charge in [-0.05, 0) is 34.1 Å². The van der Waals surface area contributed by atoms with Gasteiger partial charge >= 0.3 is 5.97 Å². The van der Waals surface area contributed by atoms with Crippen LogP contribution < -0.4 is 0 Å². The highest BCUT2D eigenvalue weighted by atomic mass is 79.9. The lowest BCUT2D eigenvalue weighted by atomic mass is 10.1. The van der Waals surface area contributed by atoms with Gasteiger partial charge in [-0.15, -0.1) is 0 Å². The summed E-state index contributed by atoms with van der Waals surface area (Å²) in [6.45, 7) is 0. The molecular formula is C10H6BrFN2O2. The molecule has 82 valence electrons. The molecule has 1 aromatic heterocycles. The first-order valence-corrected chi connectivity index (χ1v) is 5.12. The summed E-state index contributed by atoms with van der Waals surface area (Å²) in [5.41, 5.74) is 0.416. The second-order valence-electron chi connectivity index (χ2n) is 3.07. The monoisotopic (exact) mass is 284 g/mol. The molecular weight excluding hydrogens is 279 g/mol. The molecule has 0 radical (unpaired) electrons. The van der Waals surface area contributed by atoms with Crippen molar-refractivity contribution in [2.24, 2.45) is 0 Å². The van der Waals surface area contributed by atoms with Gasteiger partial charge in [0.2, 0.25) is 0 Å². The van der Waals surface area contributed by atoms with Crippen LogP contribution in [0.4, 0.5) is 4.39 Å². The molecule has 0 fully saturated rings. The molecule has 2 aromatic rings. The van der Waals surface area contributed by atoms with E-state index in [1.807, 2.05) is 0 Å². The Morgan fingerprint density at radius 3 is 2.81 bits per heavy atom. The predicted octanol–water partition coefficient (Wildman–Crippen LogP) is 2.68. The Morgan fingerprint density at radius 2 is 2.25 bits per heavy atom. The Hall–Kier alpha value is -1.69. The number of benzene rings is 1. The van der Waals surface area contributed by atoms with Gasteiger partial charge in [-0.25, -0.2) is 9.18 Å². The molecule has 0 saturated heterocycles. The Labute approximate surface area is 98.2 Å². The van der Waals surface area contributed by atoms with E-state index < -0.39 is 11.8 Å². The lowest BCUT2D eigenvalue weighted by Gasteiger charge is -2.01. The van der Waals surface area contributed by atoms with E-state index >= 15 is 0 Å². The molecule has 6 heteroatoms. The average Bonchev–Trinajstić information content (AvgIpc) is 2.66. The Bertz CT molecular complexity index is 533. The molecule has 0 unspecified atom stereocenters. The van der Waals surface area contributed by atoms with Crippen molar-refractivity contribution in [2.45, 2.75) is 0 Å². The van der Waals surface area contributed by atoms with E-state index in [0.29, 0.717) is 4.47 Å². The van der Waals surface area contributed by atoms with Gasteiger partial charge in [0.25, 0.3) is 0 Å². The van der Waals surface area contributed by atoms with Crippen LogP contribution in [0.1, 0.15) is 10.5 Å². The minimum atomic E-state index is -1.13. The van der Waals surface area contributed by atoms with Gasteiger partial charge in [0.05, 0.1) is 11.3 Å². The third-order valence-electron chi connectivity index (χ3n) is 2.03. The Kier molecular flexibility index (Phi) is 2.74. The summed E-state index contributed by atoms with van der Waals surface area (Å²) in [5.74, 6) is -1.59. The highest BCUT2D eigenvalue weighted by Gasteiger charge is 2.14. The number of carbonyl (C=O) groups is 1. The Morgan fingerprint density at radius 1 is 1.50 bits per heavy atom. The van der Waals surface area contributed by atoms with Crippen LogP contribution in [0.3, 0.4) is 0 Å².